The van der Waals surface area contributed by atoms with Crippen LogP contribution in [0.1, 0.15) is 46.4 Å². The smallest absolute Gasteiger partial charge is 0.108 e. The quantitative estimate of drug-likeness (QED) is 0.831. The second-order valence-electron chi connectivity index (χ2n) is 6.64. The van der Waals surface area contributed by atoms with Gasteiger partial charge in [0.1, 0.15) is 5.82 Å². The van der Waals surface area contributed by atoms with Crippen LogP contribution in [0.4, 0.5) is 0 Å². The van der Waals surface area contributed by atoms with E-state index in [2.05, 4.69) is 53.7 Å². The molecule has 0 amide bonds. The molecule has 0 bridgehead atoms. The van der Waals surface area contributed by atoms with Gasteiger partial charge in [0.05, 0.1) is 0 Å². The summed E-state index contributed by atoms with van der Waals surface area (Å²) in [7, 11) is 0. The average molecular weight is 278 g/mol. The number of nitrogens with one attached hydrogen (secondary N) is 1. The predicted molar refractivity (Wildman–Crippen MR) is 84.0 cm³/mol. The first-order valence-electron chi connectivity index (χ1n) is 8.01. The van der Waals surface area contributed by atoms with Crippen molar-refractivity contribution in [3.05, 3.63) is 18.2 Å². The maximum atomic E-state index is 4.39. The molecule has 20 heavy (non-hydrogen) atoms. The Hall–Kier alpha value is -0.870. The number of nitrogens with zero attached hydrogens (tertiary/aromatic N) is 3. The summed E-state index contributed by atoms with van der Waals surface area (Å²) in [6, 6.07) is 0.469. The Morgan fingerprint density at radius 1 is 1.35 bits per heavy atom. The predicted octanol–water partition coefficient (Wildman–Crippen LogP) is 2.30. The minimum Gasteiger partial charge on any atom is -0.333 e. The molecule has 0 aliphatic carbocycles. The second-order valence-corrected chi connectivity index (χ2v) is 6.64. The number of imidazole rings is 1. The molecule has 1 aromatic heterocycles. The number of rotatable bonds is 7. The monoisotopic (exact) mass is 278 g/mol. The van der Waals surface area contributed by atoms with Gasteiger partial charge in [0, 0.05) is 43.5 Å². The van der Waals surface area contributed by atoms with Gasteiger partial charge in [0.15, 0.2) is 0 Å². The molecule has 1 aliphatic heterocycles. The first-order valence-corrected chi connectivity index (χ1v) is 8.01. The van der Waals surface area contributed by atoms with E-state index >= 15 is 0 Å². The van der Waals surface area contributed by atoms with Crippen LogP contribution >= 0.6 is 0 Å². The van der Waals surface area contributed by atoms with Crippen LogP contribution in [0.15, 0.2) is 12.4 Å². The van der Waals surface area contributed by atoms with Crippen LogP contribution in [0.5, 0.6) is 0 Å². The maximum absolute atomic E-state index is 4.39. The molecule has 1 aliphatic rings. The Morgan fingerprint density at radius 2 is 2.05 bits per heavy atom. The van der Waals surface area contributed by atoms with Crippen LogP contribution in [0.25, 0.3) is 0 Å². The van der Waals surface area contributed by atoms with Crippen LogP contribution in [0, 0.1) is 0 Å². The van der Waals surface area contributed by atoms with Gasteiger partial charge in [-0.1, -0.05) is 6.92 Å². The van der Waals surface area contributed by atoms with E-state index in [0.717, 1.165) is 19.5 Å². The molecule has 4 heteroatoms. The molecule has 0 radical (unpaired) electrons. The molecule has 1 aromatic rings. The fraction of sp³-hybridized carbons (Fsp3) is 0.812. The summed E-state index contributed by atoms with van der Waals surface area (Å²) in [5.41, 5.74) is 0.257. The van der Waals surface area contributed by atoms with Gasteiger partial charge in [-0.15, -0.1) is 0 Å². The van der Waals surface area contributed by atoms with Crippen LogP contribution in [0.2, 0.25) is 0 Å². The van der Waals surface area contributed by atoms with E-state index in [1.54, 1.807) is 0 Å². The lowest BCUT2D eigenvalue weighted by Crippen LogP contribution is -2.51. The highest BCUT2D eigenvalue weighted by Crippen LogP contribution is 2.20. The Kier molecular flexibility index (Phi) is 5.22. The van der Waals surface area contributed by atoms with Crippen LogP contribution in [0.3, 0.4) is 0 Å². The lowest BCUT2D eigenvalue weighted by molar-refractivity contribution is 0.147. The van der Waals surface area contributed by atoms with Crippen molar-refractivity contribution in [2.75, 3.05) is 19.6 Å². The number of hydrogen-bond acceptors (Lipinski definition) is 3. The zero-order valence-corrected chi connectivity index (χ0v) is 13.5. The van der Waals surface area contributed by atoms with Crippen molar-refractivity contribution in [1.29, 1.82) is 0 Å². The topological polar surface area (TPSA) is 33.1 Å². The summed E-state index contributed by atoms with van der Waals surface area (Å²) >= 11 is 0. The molecule has 1 saturated heterocycles. The molecule has 0 aromatic carbocycles. The van der Waals surface area contributed by atoms with E-state index in [-0.39, 0.29) is 5.54 Å². The molecule has 114 valence electrons. The molecular formula is C16H30N4. The molecular weight excluding hydrogens is 248 g/mol. The molecule has 4 nitrogen and oxygen atoms in total. The third kappa shape index (κ3) is 3.83. The van der Waals surface area contributed by atoms with Crippen molar-refractivity contribution < 1.29 is 0 Å². The first-order chi connectivity index (χ1) is 9.53. The highest BCUT2D eigenvalue weighted by atomic mass is 15.2. The highest BCUT2D eigenvalue weighted by Gasteiger charge is 2.28. The summed E-state index contributed by atoms with van der Waals surface area (Å²) in [6.45, 7) is 13.7. The standard InChI is InChI=1S/C16H30N4/c1-5-15-17-8-11-19(15)12-14(2)18-13-16(3,4)20-9-6-7-10-20/h8,11,14,18H,5-7,9-10,12-13H2,1-4H3. The molecule has 1 N–H and O–H groups in total. The summed E-state index contributed by atoms with van der Waals surface area (Å²) in [6.07, 6.45) is 7.70. The third-order valence-electron chi connectivity index (χ3n) is 4.43. The van der Waals surface area contributed by atoms with E-state index < -0.39 is 0 Å². The van der Waals surface area contributed by atoms with Crippen molar-refractivity contribution in [2.45, 2.75) is 65.1 Å². The van der Waals surface area contributed by atoms with Gasteiger partial charge in [-0.05, 0) is 46.7 Å². The minimum atomic E-state index is 0.257. The zero-order chi connectivity index (χ0) is 14.6. The van der Waals surface area contributed by atoms with E-state index in [0.29, 0.717) is 6.04 Å². The van der Waals surface area contributed by atoms with Crippen LogP contribution < -0.4 is 5.32 Å². The normalized spacial score (nSPS) is 18.6. The van der Waals surface area contributed by atoms with Gasteiger partial charge in [-0.3, -0.25) is 4.90 Å². The average Bonchev–Trinajstić information content (AvgIpc) is 3.07. The minimum absolute atomic E-state index is 0.257. The summed E-state index contributed by atoms with van der Waals surface area (Å²) in [4.78, 5) is 7.00. The molecule has 2 rings (SSSR count). The van der Waals surface area contributed by atoms with Gasteiger partial charge in [0.2, 0.25) is 0 Å². The van der Waals surface area contributed by atoms with Crippen molar-refractivity contribution >= 4 is 0 Å². The van der Waals surface area contributed by atoms with Gasteiger partial charge in [-0.25, -0.2) is 4.98 Å². The Morgan fingerprint density at radius 3 is 2.70 bits per heavy atom. The Labute approximate surface area is 123 Å². The van der Waals surface area contributed by atoms with Gasteiger partial charge < -0.3 is 9.88 Å². The van der Waals surface area contributed by atoms with E-state index in [4.69, 9.17) is 0 Å². The van der Waals surface area contributed by atoms with Crippen LogP contribution in [-0.2, 0) is 13.0 Å². The van der Waals surface area contributed by atoms with Crippen molar-refractivity contribution in [3.63, 3.8) is 0 Å². The highest BCUT2D eigenvalue weighted by molar-refractivity contribution is 4.93. The van der Waals surface area contributed by atoms with Crippen molar-refractivity contribution in [3.8, 4) is 0 Å². The first kappa shape index (κ1) is 15.5. The Balaban J connectivity index is 1.81. The number of aryl methyl sites for hydroxylation is 1. The summed E-state index contributed by atoms with van der Waals surface area (Å²) < 4.78 is 2.26. The molecule has 1 fully saturated rings. The second kappa shape index (κ2) is 6.72. The van der Waals surface area contributed by atoms with E-state index in [1.165, 1.54) is 31.8 Å². The molecule has 1 atom stereocenters. The fourth-order valence-electron chi connectivity index (χ4n) is 3.04. The van der Waals surface area contributed by atoms with Crippen molar-refractivity contribution in [2.24, 2.45) is 0 Å². The van der Waals surface area contributed by atoms with Gasteiger partial charge >= 0.3 is 0 Å². The lowest BCUT2D eigenvalue weighted by atomic mass is 10.0. The Bertz CT molecular complexity index is 404. The van der Waals surface area contributed by atoms with Gasteiger partial charge in [0.25, 0.3) is 0 Å². The largest absolute Gasteiger partial charge is 0.333 e. The van der Waals surface area contributed by atoms with E-state index in [1.807, 2.05) is 6.20 Å². The number of likely N-dealkylation sites (tertiary alicyclic amines) is 1. The fourth-order valence-corrected chi connectivity index (χ4v) is 3.04. The van der Waals surface area contributed by atoms with Crippen LogP contribution in [-0.4, -0.2) is 45.7 Å². The maximum Gasteiger partial charge on any atom is 0.108 e. The molecule has 0 spiro atoms. The van der Waals surface area contributed by atoms with Crippen molar-refractivity contribution in [1.82, 2.24) is 19.8 Å². The third-order valence-corrected chi connectivity index (χ3v) is 4.43. The van der Waals surface area contributed by atoms with E-state index in [9.17, 15) is 0 Å². The molecule has 1 unspecified atom stereocenters. The molecule has 0 saturated carbocycles. The van der Waals surface area contributed by atoms with Gasteiger partial charge in [-0.2, -0.15) is 0 Å². The SMILES string of the molecule is CCc1nccn1CC(C)NCC(C)(C)N1CCCC1. The molecule has 2 heterocycles. The summed E-state index contributed by atoms with van der Waals surface area (Å²) in [5.74, 6) is 1.18. The summed E-state index contributed by atoms with van der Waals surface area (Å²) in [5, 5.41) is 3.70. The zero-order valence-electron chi connectivity index (χ0n) is 13.5. The number of aromatic nitrogens is 2. The number of hydrogen-bond donors (Lipinski definition) is 1. The lowest BCUT2D eigenvalue weighted by Gasteiger charge is -2.36.